The highest BCUT2D eigenvalue weighted by atomic mass is 16.5. The Morgan fingerprint density at radius 3 is 2.82 bits per heavy atom. The lowest BCUT2D eigenvalue weighted by molar-refractivity contribution is 0.101. The van der Waals surface area contributed by atoms with E-state index in [1.807, 2.05) is 44.3 Å². The molecule has 1 N–H and O–H groups in total. The van der Waals surface area contributed by atoms with Crippen LogP contribution in [0.25, 0.3) is 11.3 Å². The number of hydrogen-bond acceptors (Lipinski definition) is 5. The van der Waals surface area contributed by atoms with E-state index < -0.39 is 0 Å². The summed E-state index contributed by atoms with van der Waals surface area (Å²) in [6, 6.07) is 10.3. The molecule has 7 heteroatoms. The molecule has 0 atom stereocenters. The van der Waals surface area contributed by atoms with E-state index in [1.165, 1.54) is 0 Å². The summed E-state index contributed by atoms with van der Waals surface area (Å²) in [6.45, 7) is 7.95. The topological polar surface area (TPSA) is 76.2 Å². The quantitative estimate of drug-likeness (QED) is 0.752. The third-order valence-electron chi connectivity index (χ3n) is 5.34. The Hall–Kier alpha value is -2.93. The molecule has 1 aromatic carbocycles. The molecule has 0 radical (unpaired) electrons. The first-order valence-corrected chi connectivity index (χ1v) is 9.57. The molecule has 2 aromatic heterocycles. The van der Waals surface area contributed by atoms with Gasteiger partial charge in [-0.2, -0.15) is 5.10 Å². The zero-order valence-electron chi connectivity index (χ0n) is 16.7. The predicted octanol–water partition coefficient (Wildman–Crippen LogP) is 3.40. The third kappa shape index (κ3) is 3.33. The Morgan fingerprint density at radius 1 is 1.29 bits per heavy atom. The highest BCUT2D eigenvalue weighted by Gasteiger charge is 2.29. The molecule has 1 aliphatic heterocycles. The fraction of sp³-hybridized carbons (Fsp3) is 0.381. The van der Waals surface area contributed by atoms with Crippen LogP contribution in [-0.2, 0) is 20.0 Å². The van der Waals surface area contributed by atoms with Crippen LogP contribution in [0, 0.1) is 6.92 Å². The van der Waals surface area contributed by atoms with Crippen molar-refractivity contribution in [3.05, 3.63) is 52.9 Å². The van der Waals surface area contributed by atoms with Crippen molar-refractivity contribution in [1.29, 1.82) is 0 Å². The first kappa shape index (κ1) is 18.4. The van der Waals surface area contributed by atoms with Gasteiger partial charge < -0.3 is 9.84 Å². The molecule has 0 unspecified atom stereocenters. The minimum absolute atomic E-state index is 0.269. The van der Waals surface area contributed by atoms with Crippen molar-refractivity contribution in [1.82, 2.24) is 19.8 Å². The van der Waals surface area contributed by atoms with Crippen LogP contribution < -0.4 is 5.32 Å². The predicted molar refractivity (Wildman–Crippen MR) is 107 cm³/mol. The normalized spacial score (nSPS) is 14.3. The van der Waals surface area contributed by atoms with Gasteiger partial charge in [0, 0.05) is 49.8 Å². The van der Waals surface area contributed by atoms with Gasteiger partial charge in [0.05, 0.1) is 5.69 Å². The van der Waals surface area contributed by atoms with Crippen LogP contribution in [0.15, 0.2) is 34.9 Å². The standard InChI is InChI=1S/C21H25N5O2/c1-13(2)26-10-9-18-16(12-26)20(24-28-18)21(27)22-19-11-17(23-25(19)4)15-8-6-5-7-14(15)3/h5-8,11,13H,9-10,12H2,1-4H3,(H,22,27). The van der Waals surface area contributed by atoms with E-state index in [2.05, 4.69) is 34.3 Å². The minimum Gasteiger partial charge on any atom is -0.360 e. The van der Waals surface area contributed by atoms with E-state index in [9.17, 15) is 4.79 Å². The summed E-state index contributed by atoms with van der Waals surface area (Å²) in [5.41, 5.74) is 4.25. The lowest BCUT2D eigenvalue weighted by atomic mass is 10.0. The summed E-state index contributed by atoms with van der Waals surface area (Å²) in [6.07, 6.45) is 0.775. The van der Waals surface area contributed by atoms with E-state index in [4.69, 9.17) is 4.52 Å². The number of amides is 1. The zero-order chi connectivity index (χ0) is 19.8. The first-order valence-electron chi connectivity index (χ1n) is 9.57. The number of aromatic nitrogens is 3. The van der Waals surface area contributed by atoms with Gasteiger partial charge in [-0.15, -0.1) is 0 Å². The van der Waals surface area contributed by atoms with E-state index in [0.29, 0.717) is 24.1 Å². The molecule has 28 heavy (non-hydrogen) atoms. The van der Waals surface area contributed by atoms with Crippen molar-refractivity contribution < 1.29 is 9.32 Å². The van der Waals surface area contributed by atoms with Gasteiger partial charge >= 0.3 is 0 Å². The van der Waals surface area contributed by atoms with Gasteiger partial charge in [-0.3, -0.25) is 14.4 Å². The molecule has 0 spiro atoms. The molecule has 0 bridgehead atoms. The summed E-state index contributed by atoms with van der Waals surface area (Å²) in [5.74, 6) is 1.17. The number of nitrogens with one attached hydrogen (secondary N) is 1. The van der Waals surface area contributed by atoms with Crippen molar-refractivity contribution in [3.63, 3.8) is 0 Å². The highest BCUT2D eigenvalue weighted by Crippen LogP contribution is 2.27. The van der Waals surface area contributed by atoms with Crippen LogP contribution in [0.3, 0.4) is 0 Å². The van der Waals surface area contributed by atoms with Gasteiger partial charge in [0.1, 0.15) is 11.6 Å². The fourth-order valence-corrected chi connectivity index (χ4v) is 3.60. The molecule has 0 aliphatic carbocycles. The number of aryl methyl sites for hydroxylation is 2. The van der Waals surface area contributed by atoms with E-state index >= 15 is 0 Å². The summed E-state index contributed by atoms with van der Waals surface area (Å²) in [5, 5.41) is 11.5. The monoisotopic (exact) mass is 379 g/mol. The van der Waals surface area contributed by atoms with Crippen molar-refractivity contribution in [2.75, 3.05) is 11.9 Å². The Bertz CT molecular complexity index is 1020. The van der Waals surface area contributed by atoms with Crippen molar-refractivity contribution in [2.45, 2.75) is 39.8 Å². The number of carbonyl (C=O) groups excluding carboxylic acids is 1. The number of carbonyl (C=O) groups is 1. The number of fused-ring (bicyclic) bond motifs is 1. The highest BCUT2D eigenvalue weighted by molar-refractivity contribution is 6.03. The Kier molecular flexibility index (Phi) is 4.77. The van der Waals surface area contributed by atoms with Crippen molar-refractivity contribution in [2.24, 2.45) is 7.05 Å². The van der Waals surface area contributed by atoms with Crippen LogP contribution in [0.2, 0.25) is 0 Å². The Labute approximate surface area is 164 Å². The van der Waals surface area contributed by atoms with Gasteiger partial charge in [-0.25, -0.2) is 0 Å². The largest absolute Gasteiger partial charge is 0.360 e. The van der Waals surface area contributed by atoms with Gasteiger partial charge in [0.15, 0.2) is 5.69 Å². The summed E-state index contributed by atoms with van der Waals surface area (Å²) in [4.78, 5) is 15.2. The summed E-state index contributed by atoms with van der Waals surface area (Å²) in [7, 11) is 1.82. The van der Waals surface area contributed by atoms with Gasteiger partial charge in [-0.05, 0) is 26.3 Å². The summed E-state index contributed by atoms with van der Waals surface area (Å²) >= 11 is 0. The smallest absolute Gasteiger partial charge is 0.279 e. The van der Waals surface area contributed by atoms with Crippen molar-refractivity contribution in [3.8, 4) is 11.3 Å². The van der Waals surface area contributed by atoms with E-state index in [1.54, 1.807) is 4.68 Å². The lowest BCUT2D eigenvalue weighted by Gasteiger charge is -2.29. The van der Waals surface area contributed by atoms with Gasteiger partial charge in [0.2, 0.25) is 0 Å². The molecule has 4 rings (SSSR count). The van der Waals surface area contributed by atoms with Gasteiger partial charge in [-0.1, -0.05) is 29.4 Å². The molecule has 1 amide bonds. The van der Waals surface area contributed by atoms with E-state index in [0.717, 1.165) is 41.1 Å². The fourth-order valence-electron chi connectivity index (χ4n) is 3.60. The number of benzene rings is 1. The molecule has 0 fully saturated rings. The summed E-state index contributed by atoms with van der Waals surface area (Å²) < 4.78 is 7.11. The zero-order valence-corrected chi connectivity index (χ0v) is 16.7. The molecule has 3 aromatic rings. The lowest BCUT2D eigenvalue weighted by Crippen LogP contribution is -2.36. The third-order valence-corrected chi connectivity index (χ3v) is 5.34. The van der Waals surface area contributed by atoms with Crippen LogP contribution in [-0.4, -0.2) is 38.3 Å². The first-order chi connectivity index (χ1) is 13.4. The Balaban J connectivity index is 1.57. The van der Waals surface area contributed by atoms with Crippen molar-refractivity contribution >= 4 is 11.7 Å². The molecule has 3 heterocycles. The maximum Gasteiger partial charge on any atom is 0.279 e. The molecule has 146 valence electrons. The van der Waals surface area contributed by atoms with Crippen LogP contribution >= 0.6 is 0 Å². The maximum absolute atomic E-state index is 12.9. The number of nitrogens with zero attached hydrogens (tertiary/aromatic N) is 4. The van der Waals surface area contributed by atoms with Crippen LogP contribution in [0.1, 0.15) is 41.2 Å². The molecular weight excluding hydrogens is 354 g/mol. The Morgan fingerprint density at radius 2 is 2.07 bits per heavy atom. The minimum atomic E-state index is -0.269. The van der Waals surface area contributed by atoms with E-state index in [-0.39, 0.29) is 5.91 Å². The molecule has 7 nitrogen and oxygen atoms in total. The number of rotatable bonds is 4. The van der Waals surface area contributed by atoms with Crippen LogP contribution in [0.4, 0.5) is 5.82 Å². The number of anilines is 1. The average Bonchev–Trinajstić information content (AvgIpc) is 3.25. The number of hydrogen-bond donors (Lipinski definition) is 1. The second-order valence-electron chi connectivity index (χ2n) is 7.55. The molecule has 0 saturated heterocycles. The molecule has 1 aliphatic rings. The molecular formula is C21H25N5O2. The van der Waals surface area contributed by atoms with Crippen LogP contribution in [0.5, 0.6) is 0 Å². The average molecular weight is 379 g/mol. The SMILES string of the molecule is Cc1ccccc1-c1cc(NC(=O)c2noc3c2CN(C(C)C)CC3)n(C)n1. The molecule has 0 saturated carbocycles. The second-order valence-corrected chi connectivity index (χ2v) is 7.55. The second kappa shape index (κ2) is 7.24. The van der Waals surface area contributed by atoms with Gasteiger partial charge in [0.25, 0.3) is 5.91 Å². The maximum atomic E-state index is 12.9.